The van der Waals surface area contributed by atoms with Gasteiger partial charge in [-0.1, -0.05) is 18.2 Å². The van der Waals surface area contributed by atoms with Crippen molar-refractivity contribution in [1.29, 1.82) is 0 Å². The Balaban J connectivity index is 1.29. The van der Waals surface area contributed by atoms with E-state index in [1.807, 2.05) is 6.07 Å². The number of carbonyl (C=O) groups is 1. The van der Waals surface area contributed by atoms with Crippen molar-refractivity contribution in [2.75, 3.05) is 24.5 Å². The average Bonchev–Trinajstić information content (AvgIpc) is 3.09. The number of H-pyrrole nitrogens is 1. The number of amides is 1. The van der Waals surface area contributed by atoms with Gasteiger partial charge in [0.05, 0.1) is 5.52 Å². The lowest BCUT2D eigenvalue weighted by Gasteiger charge is -2.19. The molecule has 2 N–H and O–H groups in total. The van der Waals surface area contributed by atoms with Gasteiger partial charge in [0.2, 0.25) is 5.91 Å². The van der Waals surface area contributed by atoms with Crippen molar-refractivity contribution in [2.24, 2.45) is 0 Å². The van der Waals surface area contributed by atoms with Gasteiger partial charge >= 0.3 is 0 Å². The number of halogens is 1. The van der Waals surface area contributed by atoms with Crippen molar-refractivity contribution >= 4 is 22.5 Å². The normalized spacial score (nSPS) is 13.0. The maximum Gasteiger partial charge on any atom is 0.251 e. The van der Waals surface area contributed by atoms with Crippen LogP contribution in [0.5, 0.6) is 0 Å². The Bertz CT molecular complexity index is 1080. The first-order valence-corrected chi connectivity index (χ1v) is 9.51. The van der Waals surface area contributed by atoms with Crippen LogP contribution in [-0.4, -0.2) is 30.5 Å². The highest BCUT2D eigenvalue weighted by Gasteiger charge is 2.17. The average molecular weight is 379 g/mol. The predicted molar refractivity (Wildman–Crippen MR) is 108 cm³/mol. The van der Waals surface area contributed by atoms with Crippen LogP contribution in [0.3, 0.4) is 0 Å². The number of para-hydroxylation sites is 1. The van der Waals surface area contributed by atoms with Crippen LogP contribution in [0.4, 0.5) is 10.1 Å². The summed E-state index contributed by atoms with van der Waals surface area (Å²) in [5.74, 6) is -0.470. The number of nitrogens with zero attached hydrogens (tertiary/aromatic N) is 1. The molecule has 0 atom stereocenters. The molecule has 1 aliphatic rings. The number of rotatable bonds is 6. The van der Waals surface area contributed by atoms with Crippen LogP contribution in [0.2, 0.25) is 0 Å². The van der Waals surface area contributed by atoms with Crippen LogP contribution in [0, 0.1) is 5.82 Å². The molecule has 1 amide bonds. The second kappa shape index (κ2) is 7.84. The van der Waals surface area contributed by atoms with E-state index in [0.29, 0.717) is 24.0 Å². The van der Waals surface area contributed by atoms with Gasteiger partial charge in [-0.2, -0.15) is 0 Å². The number of fused-ring (bicyclic) bond motifs is 2. The number of hydrogen-bond acceptors (Lipinski definition) is 3. The van der Waals surface area contributed by atoms with Gasteiger partial charge in [0.1, 0.15) is 5.82 Å². The summed E-state index contributed by atoms with van der Waals surface area (Å²) in [6.07, 6.45) is 1.63. The van der Waals surface area contributed by atoms with Gasteiger partial charge < -0.3 is 15.2 Å². The minimum atomic E-state index is -0.393. The van der Waals surface area contributed by atoms with Crippen molar-refractivity contribution < 1.29 is 9.18 Å². The molecule has 0 saturated heterocycles. The maximum atomic E-state index is 13.3. The van der Waals surface area contributed by atoms with E-state index in [-0.39, 0.29) is 17.9 Å². The van der Waals surface area contributed by atoms with Crippen LogP contribution >= 0.6 is 0 Å². The second-order valence-corrected chi connectivity index (χ2v) is 7.07. The van der Waals surface area contributed by atoms with Crippen molar-refractivity contribution in [3.8, 4) is 0 Å². The third-order valence-corrected chi connectivity index (χ3v) is 5.19. The Morgan fingerprint density at radius 2 is 2.04 bits per heavy atom. The van der Waals surface area contributed by atoms with Crippen LogP contribution < -0.4 is 15.8 Å². The van der Waals surface area contributed by atoms with E-state index in [1.165, 1.54) is 23.4 Å². The Kier molecular flexibility index (Phi) is 5.10. The molecule has 1 aliphatic heterocycles. The molecule has 0 unspecified atom stereocenters. The van der Waals surface area contributed by atoms with Gasteiger partial charge in [-0.25, -0.2) is 4.39 Å². The fourth-order valence-corrected chi connectivity index (χ4v) is 3.71. The third kappa shape index (κ3) is 3.91. The van der Waals surface area contributed by atoms with E-state index in [4.69, 9.17) is 0 Å². The predicted octanol–water partition coefficient (Wildman–Crippen LogP) is 2.78. The first kappa shape index (κ1) is 18.2. The largest absolute Gasteiger partial charge is 0.369 e. The van der Waals surface area contributed by atoms with Gasteiger partial charge in [0.15, 0.2) is 0 Å². The third-order valence-electron chi connectivity index (χ3n) is 5.19. The molecule has 0 radical (unpaired) electrons. The number of benzene rings is 2. The van der Waals surface area contributed by atoms with Gasteiger partial charge in [-0.3, -0.25) is 9.59 Å². The summed E-state index contributed by atoms with van der Waals surface area (Å²) < 4.78 is 13.3. The summed E-state index contributed by atoms with van der Waals surface area (Å²) in [5.41, 5.74) is 3.31. The van der Waals surface area contributed by atoms with Crippen LogP contribution in [0.15, 0.2) is 53.3 Å². The van der Waals surface area contributed by atoms with Crippen LogP contribution in [0.25, 0.3) is 10.9 Å². The van der Waals surface area contributed by atoms with Crippen LogP contribution in [-0.2, 0) is 17.6 Å². The van der Waals surface area contributed by atoms with Crippen molar-refractivity contribution in [3.05, 3.63) is 75.8 Å². The molecular weight excluding hydrogens is 357 g/mol. The molecule has 2 heterocycles. The zero-order chi connectivity index (χ0) is 19.5. The van der Waals surface area contributed by atoms with E-state index in [9.17, 15) is 14.0 Å². The molecule has 0 spiro atoms. The van der Waals surface area contributed by atoms with Crippen molar-refractivity contribution in [2.45, 2.75) is 19.3 Å². The fourth-order valence-electron chi connectivity index (χ4n) is 3.71. The number of carbonyl (C=O) groups excluding carboxylic acids is 1. The molecular formula is C22H22FN3O2. The van der Waals surface area contributed by atoms with E-state index >= 15 is 0 Å². The summed E-state index contributed by atoms with van der Waals surface area (Å²) in [4.78, 5) is 29.3. The molecule has 0 bridgehead atoms. The number of aromatic amines is 1. The summed E-state index contributed by atoms with van der Waals surface area (Å²) in [5, 5.41) is 3.69. The molecule has 28 heavy (non-hydrogen) atoms. The summed E-state index contributed by atoms with van der Waals surface area (Å²) in [6.45, 7) is 2.31. The Labute approximate surface area is 162 Å². The zero-order valence-corrected chi connectivity index (χ0v) is 15.5. The maximum absolute atomic E-state index is 13.3. The number of anilines is 1. The minimum Gasteiger partial charge on any atom is -0.369 e. The van der Waals surface area contributed by atoms with Crippen molar-refractivity contribution in [1.82, 2.24) is 10.3 Å². The molecule has 0 fully saturated rings. The number of hydrogen-bond donors (Lipinski definition) is 2. The smallest absolute Gasteiger partial charge is 0.251 e. The molecule has 3 aromatic rings. The van der Waals surface area contributed by atoms with E-state index in [2.05, 4.69) is 33.4 Å². The molecule has 1 aromatic heterocycles. The van der Waals surface area contributed by atoms with E-state index < -0.39 is 5.82 Å². The number of nitrogens with one attached hydrogen (secondary N) is 2. The molecule has 144 valence electrons. The Morgan fingerprint density at radius 3 is 2.93 bits per heavy atom. The lowest BCUT2D eigenvalue weighted by Crippen LogP contribution is -2.34. The highest BCUT2D eigenvalue weighted by molar-refractivity contribution is 5.79. The topological polar surface area (TPSA) is 65.2 Å². The van der Waals surface area contributed by atoms with E-state index in [0.717, 1.165) is 24.9 Å². The molecule has 2 aromatic carbocycles. The molecule has 4 rings (SSSR count). The highest BCUT2D eigenvalue weighted by atomic mass is 19.1. The van der Waals surface area contributed by atoms with Gasteiger partial charge in [0.25, 0.3) is 5.56 Å². The first-order valence-electron chi connectivity index (χ1n) is 9.51. The van der Waals surface area contributed by atoms with Gasteiger partial charge in [-0.15, -0.1) is 0 Å². The van der Waals surface area contributed by atoms with Gasteiger partial charge in [0, 0.05) is 37.3 Å². The fraction of sp³-hybridized carbons (Fsp3) is 0.273. The monoisotopic (exact) mass is 379 g/mol. The van der Waals surface area contributed by atoms with E-state index in [1.54, 1.807) is 12.1 Å². The molecule has 0 aliphatic carbocycles. The quantitative estimate of drug-likeness (QED) is 0.692. The lowest BCUT2D eigenvalue weighted by molar-refractivity contribution is -0.121. The molecule has 5 nitrogen and oxygen atoms in total. The first-order chi connectivity index (χ1) is 13.6. The van der Waals surface area contributed by atoms with Crippen LogP contribution in [0.1, 0.15) is 17.5 Å². The number of aryl methyl sites for hydroxylation is 1. The van der Waals surface area contributed by atoms with Crippen molar-refractivity contribution in [3.63, 3.8) is 0 Å². The minimum absolute atomic E-state index is 0.0777. The zero-order valence-electron chi connectivity index (χ0n) is 15.5. The summed E-state index contributed by atoms with van der Waals surface area (Å²) in [7, 11) is 0. The summed E-state index contributed by atoms with van der Waals surface area (Å²) in [6, 6.07) is 14.3. The second-order valence-electron chi connectivity index (χ2n) is 7.07. The molecule has 0 saturated carbocycles. The number of aromatic nitrogens is 1. The Morgan fingerprint density at radius 1 is 1.18 bits per heavy atom. The molecule has 6 heteroatoms. The highest BCUT2D eigenvalue weighted by Crippen LogP contribution is 2.26. The lowest BCUT2D eigenvalue weighted by atomic mass is 10.1. The summed E-state index contributed by atoms with van der Waals surface area (Å²) >= 11 is 0. The standard InChI is InChI=1S/C22H22FN3O2/c23-18-7-5-16-13-17(22(28)25-19(16)14-18)6-8-21(27)24-10-12-26-11-9-15-3-1-2-4-20(15)26/h1-5,7,13-14H,6,8-12H2,(H,24,27)(H,25,28). The van der Waals surface area contributed by atoms with Gasteiger partial charge in [-0.05, 0) is 54.1 Å². The SMILES string of the molecule is O=C(CCc1cc2ccc(F)cc2[nH]c1=O)NCCN1CCc2ccccc21. The number of pyridine rings is 1. The Hall–Kier alpha value is -3.15.